The van der Waals surface area contributed by atoms with Crippen LogP contribution in [-0.4, -0.2) is 12.0 Å². The topological polar surface area (TPSA) is 29.4 Å². The molecule has 2 heteroatoms. The SMILES string of the molecule is C=CC=N/C(=C\C)C(C)C[C@@](C)(CCC)C(C)=O. The number of aliphatic imine (C=N–C) groups is 1. The first-order valence-electron chi connectivity index (χ1n) is 6.73. The predicted molar refractivity (Wildman–Crippen MR) is 79.9 cm³/mol. The van der Waals surface area contributed by atoms with E-state index in [1.54, 1.807) is 19.2 Å². The maximum atomic E-state index is 11.8. The second-order valence-electron chi connectivity index (χ2n) is 5.20. The number of hydrogen-bond acceptors (Lipinski definition) is 2. The Morgan fingerprint density at radius 2 is 2.11 bits per heavy atom. The van der Waals surface area contributed by atoms with Crippen molar-refractivity contribution in [3.63, 3.8) is 0 Å². The Bertz CT molecular complexity index is 341. The minimum absolute atomic E-state index is 0.230. The lowest BCUT2D eigenvalue weighted by atomic mass is 9.74. The van der Waals surface area contributed by atoms with Crippen LogP contribution in [0.15, 0.2) is 29.4 Å². The Morgan fingerprint density at radius 3 is 2.50 bits per heavy atom. The van der Waals surface area contributed by atoms with E-state index in [1.807, 2.05) is 13.0 Å². The average molecular weight is 249 g/mol. The molecule has 0 spiro atoms. The third-order valence-corrected chi connectivity index (χ3v) is 3.54. The average Bonchev–Trinajstić information content (AvgIpc) is 2.30. The van der Waals surface area contributed by atoms with Gasteiger partial charge in [-0.2, -0.15) is 0 Å². The van der Waals surface area contributed by atoms with Gasteiger partial charge in [0.25, 0.3) is 0 Å². The lowest BCUT2D eigenvalue weighted by Crippen LogP contribution is -2.28. The zero-order chi connectivity index (χ0) is 14.2. The lowest BCUT2D eigenvalue weighted by molar-refractivity contribution is -0.126. The van der Waals surface area contributed by atoms with Crippen molar-refractivity contribution in [2.45, 2.75) is 53.9 Å². The zero-order valence-corrected chi connectivity index (χ0v) is 12.5. The summed E-state index contributed by atoms with van der Waals surface area (Å²) < 4.78 is 0. The summed E-state index contributed by atoms with van der Waals surface area (Å²) in [5.41, 5.74) is 0.796. The van der Waals surface area contributed by atoms with Crippen molar-refractivity contribution >= 4 is 12.0 Å². The minimum Gasteiger partial charge on any atom is -0.299 e. The highest BCUT2D eigenvalue weighted by Gasteiger charge is 2.31. The van der Waals surface area contributed by atoms with Gasteiger partial charge in [-0.1, -0.05) is 45.9 Å². The standard InChI is InChI=1S/C16H27NO/c1-7-10-16(6,14(5)18)12-13(4)15(9-3)17-11-8-2/h8-9,11,13H,2,7,10,12H2,1,3-6H3/b15-9-,17-11?/t13?,16-/m1/s1. The first kappa shape index (κ1) is 16.8. The van der Waals surface area contributed by atoms with Gasteiger partial charge in [0.1, 0.15) is 5.78 Å². The first-order chi connectivity index (χ1) is 8.41. The van der Waals surface area contributed by atoms with Crippen molar-refractivity contribution in [2.75, 3.05) is 0 Å². The molecular formula is C16H27NO. The summed E-state index contributed by atoms with van der Waals surface area (Å²) in [4.78, 5) is 16.2. The maximum absolute atomic E-state index is 11.8. The Labute approximate surface area is 112 Å². The second kappa shape index (κ2) is 8.02. The van der Waals surface area contributed by atoms with Gasteiger partial charge < -0.3 is 0 Å². The monoisotopic (exact) mass is 249 g/mol. The van der Waals surface area contributed by atoms with E-state index < -0.39 is 0 Å². The van der Waals surface area contributed by atoms with Crippen molar-refractivity contribution < 1.29 is 4.79 Å². The molecule has 0 aliphatic rings. The summed E-state index contributed by atoms with van der Waals surface area (Å²) in [6, 6.07) is 0. The molecule has 0 saturated carbocycles. The summed E-state index contributed by atoms with van der Waals surface area (Å²) in [6.07, 6.45) is 8.21. The number of hydrogen-bond donors (Lipinski definition) is 0. The third-order valence-electron chi connectivity index (χ3n) is 3.54. The number of rotatable bonds is 8. The molecule has 2 nitrogen and oxygen atoms in total. The molecule has 0 aromatic carbocycles. The highest BCUT2D eigenvalue weighted by atomic mass is 16.1. The van der Waals surface area contributed by atoms with Gasteiger partial charge in [-0.05, 0) is 32.6 Å². The van der Waals surface area contributed by atoms with Crippen LogP contribution in [0, 0.1) is 11.3 Å². The summed E-state index contributed by atoms with van der Waals surface area (Å²) in [5.74, 6) is 0.561. The Morgan fingerprint density at radius 1 is 1.50 bits per heavy atom. The second-order valence-corrected chi connectivity index (χ2v) is 5.20. The van der Waals surface area contributed by atoms with Gasteiger partial charge in [0.15, 0.2) is 0 Å². The lowest BCUT2D eigenvalue weighted by Gasteiger charge is -2.29. The molecule has 0 aromatic rings. The molecule has 0 aliphatic heterocycles. The van der Waals surface area contributed by atoms with Gasteiger partial charge in [-0.25, -0.2) is 0 Å². The molecule has 0 saturated heterocycles. The first-order valence-corrected chi connectivity index (χ1v) is 6.73. The van der Waals surface area contributed by atoms with Crippen LogP contribution in [0.1, 0.15) is 53.9 Å². The van der Waals surface area contributed by atoms with E-state index >= 15 is 0 Å². The van der Waals surface area contributed by atoms with Crippen LogP contribution in [-0.2, 0) is 4.79 Å². The van der Waals surface area contributed by atoms with Crippen LogP contribution in [0.3, 0.4) is 0 Å². The number of carbonyl (C=O) groups excluding carboxylic acids is 1. The van der Waals surface area contributed by atoms with Gasteiger partial charge in [-0.15, -0.1) is 0 Å². The predicted octanol–water partition coefficient (Wildman–Crippen LogP) is 4.57. The normalized spacial score (nSPS) is 17.5. The van der Waals surface area contributed by atoms with Crippen LogP contribution < -0.4 is 0 Å². The van der Waals surface area contributed by atoms with Crippen molar-refractivity contribution in [3.8, 4) is 0 Å². The molecule has 0 amide bonds. The molecule has 1 unspecified atom stereocenters. The summed E-state index contributed by atoms with van der Waals surface area (Å²) in [7, 11) is 0. The summed E-state index contributed by atoms with van der Waals surface area (Å²) >= 11 is 0. The molecule has 0 rings (SSSR count). The van der Waals surface area contributed by atoms with Crippen LogP contribution >= 0.6 is 0 Å². The highest BCUT2D eigenvalue weighted by molar-refractivity contribution is 5.81. The molecule has 0 heterocycles. The number of nitrogens with zero attached hydrogens (tertiary/aromatic N) is 1. The van der Waals surface area contributed by atoms with Gasteiger partial charge in [-0.3, -0.25) is 9.79 Å². The molecule has 2 atom stereocenters. The fourth-order valence-corrected chi connectivity index (χ4v) is 2.38. The van der Waals surface area contributed by atoms with Crippen molar-refractivity contribution in [1.82, 2.24) is 0 Å². The largest absolute Gasteiger partial charge is 0.299 e. The summed E-state index contributed by atoms with van der Waals surface area (Å²) in [5, 5.41) is 0. The number of ketones is 1. The third kappa shape index (κ3) is 4.99. The van der Waals surface area contributed by atoms with Crippen LogP contribution in [0.5, 0.6) is 0 Å². The van der Waals surface area contributed by atoms with E-state index in [2.05, 4.69) is 32.3 Å². The molecular weight excluding hydrogens is 222 g/mol. The van der Waals surface area contributed by atoms with Gasteiger partial charge in [0.05, 0.1) is 0 Å². The van der Waals surface area contributed by atoms with E-state index in [9.17, 15) is 4.79 Å². The number of carbonyl (C=O) groups is 1. The fourth-order valence-electron chi connectivity index (χ4n) is 2.38. The summed E-state index contributed by atoms with van der Waals surface area (Å²) in [6.45, 7) is 13.6. The number of Topliss-reactive ketones (excluding diaryl/α,β-unsaturated/α-hetero) is 1. The van der Waals surface area contributed by atoms with E-state index in [-0.39, 0.29) is 17.1 Å². The van der Waals surface area contributed by atoms with E-state index in [1.165, 1.54) is 0 Å². The Balaban J connectivity index is 4.88. The smallest absolute Gasteiger partial charge is 0.135 e. The van der Waals surface area contributed by atoms with Crippen LogP contribution in [0.4, 0.5) is 0 Å². The molecule has 0 N–H and O–H groups in total. The fraction of sp³-hybridized carbons (Fsp3) is 0.625. The Hall–Kier alpha value is -1.18. The molecule has 0 fully saturated rings. The van der Waals surface area contributed by atoms with Crippen LogP contribution in [0.2, 0.25) is 0 Å². The van der Waals surface area contributed by atoms with Gasteiger partial charge in [0, 0.05) is 17.3 Å². The van der Waals surface area contributed by atoms with E-state index in [0.29, 0.717) is 0 Å². The molecule has 0 aliphatic carbocycles. The quantitative estimate of drug-likeness (QED) is 0.579. The molecule has 102 valence electrons. The number of allylic oxidation sites excluding steroid dienone is 3. The van der Waals surface area contributed by atoms with Crippen molar-refractivity contribution in [2.24, 2.45) is 16.3 Å². The highest BCUT2D eigenvalue weighted by Crippen LogP contribution is 2.35. The van der Waals surface area contributed by atoms with Crippen LogP contribution in [0.25, 0.3) is 0 Å². The molecule has 18 heavy (non-hydrogen) atoms. The van der Waals surface area contributed by atoms with Crippen molar-refractivity contribution in [1.29, 1.82) is 0 Å². The van der Waals surface area contributed by atoms with Gasteiger partial charge in [0.2, 0.25) is 0 Å². The molecule has 0 radical (unpaired) electrons. The minimum atomic E-state index is -0.230. The molecule has 0 aromatic heterocycles. The Kier molecular flexibility index (Phi) is 7.49. The maximum Gasteiger partial charge on any atom is 0.135 e. The molecule has 0 bridgehead atoms. The zero-order valence-electron chi connectivity index (χ0n) is 12.5. The van der Waals surface area contributed by atoms with E-state index in [0.717, 1.165) is 25.0 Å². The van der Waals surface area contributed by atoms with Gasteiger partial charge >= 0.3 is 0 Å². The van der Waals surface area contributed by atoms with Crippen molar-refractivity contribution in [3.05, 3.63) is 24.4 Å². The van der Waals surface area contributed by atoms with E-state index in [4.69, 9.17) is 0 Å².